The summed E-state index contributed by atoms with van der Waals surface area (Å²) in [5.41, 5.74) is 2.18. The quantitative estimate of drug-likeness (QED) is 0.819. The Morgan fingerprint density at radius 1 is 1.20 bits per heavy atom. The highest BCUT2D eigenvalue weighted by molar-refractivity contribution is 7.89. The topological polar surface area (TPSA) is 64.4 Å². The minimum atomic E-state index is -3.52. The van der Waals surface area contributed by atoms with Crippen LogP contribution in [0.2, 0.25) is 0 Å². The molecule has 1 aliphatic rings. The van der Waals surface area contributed by atoms with Gasteiger partial charge in [0.05, 0.1) is 12.8 Å². The Morgan fingerprint density at radius 2 is 1.88 bits per heavy atom. The van der Waals surface area contributed by atoms with Crippen LogP contribution in [0.5, 0.6) is 5.75 Å². The standard InChI is InChI=1S/C18H25N3O3S/c1-14-12-15(2)21(19-14)13-16-8-10-20(11-9-16)25(22,23)18-7-5-4-6-17(18)24-3/h4-7,12,16H,8-11,13H2,1-3H3. The second-order valence-corrected chi connectivity index (χ2v) is 8.51. The van der Waals surface area contributed by atoms with E-state index in [0.717, 1.165) is 30.8 Å². The van der Waals surface area contributed by atoms with Crippen molar-refractivity contribution in [3.05, 3.63) is 41.7 Å². The Morgan fingerprint density at radius 3 is 2.48 bits per heavy atom. The van der Waals surface area contributed by atoms with Gasteiger partial charge >= 0.3 is 0 Å². The molecule has 0 saturated carbocycles. The number of aromatic nitrogens is 2. The third-order valence-electron chi connectivity index (χ3n) is 4.79. The van der Waals surface area contributed by atoms with Crippen molar-refractivity contribution in [1.82, 2.24) is 14.1 Å². The number of benzene rings is 1. The molecular formula is C18H25N3O3S. The number of hydrogen-bond acceptors (Lipinski definition) is 4. The maximum absolute atomic E-state index is 12.9. The van der Waals surface area contributed by atoms with Gasteiger partial charge in [0, 0.05) is 25.3 Å². The van der Waals surface area contributed by atoms with Gasteiger partial charge in [-0.3, -0.25) is 4.68 Å². The van der Waals surface area contributed by atoms with Crippen molar-refractivity contribution in [3.63, 3.8) is 0 Å². The molecule has 25 heavy (non-hydrogen) atoms. The van der Waals surface area contributed by atoms with Crippen LogP contribution in [-0.2, 0) is 16.6 Å². The first-order chi connectivity index (χ1) is 11.9. The second kappa shape index (κ2) is 7.17. The van der Waals surface area contributed by atoms with Gasteiger partial charge in [0.2, 0.25) is 10.0 Å². The molecule has 1 aromatic heterocycles. The molecule has 1 aromatic carbocycles. The summed E-state index contributed by atoms with van der Waals surface area (Å²) < 4.78 is 34.7. The Kier molecular flexibility index (Phi) is 5.15. The van der Waals surface area contributed by atoms with Crippen LogP contribution in [0.1, 0.15) is 24.2 Å². The van der Waals surface area contributed by atoms with Crippen LogP contribution in [-0.4, -0.2) is 42.7 Å². The van der Waals surface area contributed by atoms with Gasteiger partial charge in [-0.15, -0.1) is 0 Å². The minimum absolute atomic E-state index is 0.245. The molecule has 1 fully saturated rings. The number of nitrogens with zero attached hydrogens (tertiary/aromatic N) is 3. The normalized spacial score (nSPS) is 16.9. The second-order valence-electron chi connectivity index (χ2n) is 6.61. The summed E-state index contributed by atoms with van der Waals surface area (Å²) in [7, 11) is -2.02. The number of methoxy groups -OCH3 is 1. The Hall–Kier alpha value is -1.86. The van der Waals surface area contributed by atoms with Crippen molar-refractivity contribution in [2.45, 2.75) is 38.1 Å². The SMILES string of the molecule is COc1ccccc1S(=O)(=O)N1CCC(Cn2nc(C)cc2C)CC1. The van der Waals surface area contributed by atoms with E-state index in [1.807, 2.05) is 11.6 Å². The average Bonchev–Trinajstić information content (AvgIpc) is 2.92. The Labute approximate surface area is 149 Å². The van der Waals surface area contributed by atoms with Crippen LogP contribution in [0.25, 0.3) is 0 Å². The monoisotopic (exact) mass is 363 g/mol. The molecule has 3 rings (SSSR count). The lowest BCUT2D eigenvalue weighted by atomic mass is 9.98. The van der Waals surface area contributed by atoms with E-state index in [0.29, 0.717) is 24.8 Å². The molecule has 0 atom stereocenters. The first-order valence-corrected chi connectivity index (χ1v) is 10.00. The highest BCUT2D eigenvalue weighted by Gasteiger charge is 2.31. The molecule has 0 bridgehead atoms. The van der Waals surface area contributed by atoms with E-state index >= 15 is 0 Å². The number of ether oxygens (including phenoxy) is 1. The van der Waals surface area contributed by atoms with Gasteiger partial charge in [-0.05, 0) is 50.8 Å². The third kappa shape index (κ3) is 3.72. The van der Waals surface area contributed by atoms with E-state index in [2.05, 4.69) is 18.1 Å². The number of aryl methyl sites for hydroxylation is 2. The fraction of sp³-hybridized carbons (Fsp3) is 0.500. The number of para-hydroxylation sites is 1. The molecule has 7 heteroatoms. The van der Waals surface area contributed by atoms with Gasteiger partial charge in [0.1, 0.15) is 10.6 Å². The predicted molar refractivity (Wildman–Crippen MR) is 96.2 cm³/mol. The lowest BCUT2D eigenvalue weighted by molar-refractivity contribution is 0.245. The van der Waals surface area contributed by atoms with Gasteiger partial charge in [-0.25, -0.2) is 8.42 Å². The molecule has 6 nitrogen and oxygen atoms in total. The molecule has 1 saturated heterocycles. The lowest BCUT2D eigenvalue weighted by Crippen LogP contribution is -2.39. The molecule has 0 aliphatic carbocycles. The highest BCUT2D eigenvalue weighted by Crippen LogP contribution is 2.29. The van der Waals surface area contributed by atoms with Gasteiger partial charge in [0.15, 0.2) is 0 Å². The van der Waals surface area contributed by atoms with Crippen molar-refractivity contribution in [1.29, 1.82) is 0 Å². The van der Waals surface area contributed by atoms with Crippen molar-refractivity contribution in [3.8, 4) is 5.75 Å². The zero-order chi connectivity index (χ0) is 18.0. The molecule has 0 spiro atoms. The molecule has 2 heterocycles. The maximum Gasteiger partial charge on any atom is 0.246 e. The smallest absolute Gasteiger partial charge is 0.246 e. The van der Waals surface area contributed by atoms with Crippen LogP contribution < -0.4 is 4.74 Å². The first-order valence-electron chi connectivity index (χ1n) is 8.56. The van der Waals surface area contributed by atoms with Crippen LogP contribution in [0.4, 0.5) is 0 Å². The molecule has 136 valence electrons. The molecule has 2 aromatic rings. The molecule has 1 aliphatic heterocycles. The van der Waals surface area contributed by atoms with Crippen LogP contribution in [0, 0.1) is 19.8 Å². The third-order valence-corrected chi connectivity index (χ3v) is 6.73. The van der Waals surface area contributed by atoms with Crippen molar-refractivity contribution in [2.24, 2.45) is 5.92 Å². The van der Waals surface area contributed by atoms with Crippen molar-refractivity contribution < 1.29 is 13.2 Å². The van der Waals surface area contributed by atoms with Crippen LogP contribution >= 0.6 is 0 Å². The minimum Gasteiger partial charge on any atom is -0.495 e. The van der Waals surface area contributed by atoms with E-state index in [1.165, 1.54) is 7.11 Å². The van der Waals surface area contributed by atoms with E-state index in [-0.39, 0.29) is 4.90 Å². The maximum atomic E-state index is 12.9. The zero-order valence-corrected chi connectivity index (χ0v) is 15.8. The van der Waals surface area contributed by atoms with Crippen LogP contribution in [0.3, 0.4) is 0 Å². The fourth-order valence-corrected chi connectivity index (χ4v) is 5.03. The number of piperidine rings is 1. The van der Waals surface area contributed by atoms with Gasteiger partial charge in [-0.1, -0.05) is 12.1 Å². The number of sulfonamides is 1. The summed E-state index contributed by atoms with van der Waals surface area (Å²) in [6, 6.07) is 8.86. The molecular weight excluding hydrogens is 338 g/mol. The van der Waals surface area contributed by atoms with E-state index < -0.39 is 10.0 Å². The fourth-order valence-electron chi connectivity index (χ4n) is 3.41. The van der Waals surface area contributed by atoms with Crippen molar-refractivity contribution in [2.75, 3.05) is 20.2 Å². The summed E-state index contributed by atoms with van der Waals surface area (Å²) in [4.78, 5) is 0.245. The number of hydrogen-bond donors (Lipinski definition) is 0. The molecule has 0 N–H and O–H groups in total. The Balaban J connectivity index is 1.68. The molecule has 0 unspecified atom stereocenters. The predicted octanol–water partition coefficient (Wildman–Crippen LogP) is 2.61. The van der Waals surface area contributed by atoms with Gasteiger partial charge in [0.25, 0.3) is 0 Å². The zero-order valence-electron chi connectivity index (χ0n) is 15.0. The number of rotatable bonds is 5. The highest BCUT2D eigenvalue weighted by atomic mass is 32.2. The summed E-state index contributed by atoms with van der Waals surface area (Å²) in [6.45, 7) is 5.96. The van der Waals surface area contributed by atoms with Gasteiger partial charge in [-0.2, -0.15) is 9.40 Å². The Bertz CT molecular complexity index is 837. The lowest BCUT2D eigenvalue weighted by Gasteiger charge is -2.31. The van der Waals surface area contributed by atoms with E-state index in [9.17, 15) is 8.42 Å². The van der Waals surface area contributed by atoms with Gasteiger partial charge < -0.3 is 4.74 Å². The summed E-state index contributed by atoms with van der Waals surface area (Å²) in [5, 5.41) is 4.51. The average molecular weight is 363 g/mol. The summed E-state index contributed by atoms with van der Waals surface area (Å²) >= 11 is 0. The van der Waals surface area contributed by atoms with E-state index in [1.54, 1.807) is 28.6 Å². The summed E-state index contributed by atoms with van der Waals surface area (Å²) in [6.07, 6.45) is 1.68. The first kappa shape index (κ1) is 17.9. The van der Waals surface area contributed by atoms with Crippen molar-refractivity contribution >= 4 is 10.0 Å². The van der Waals surface area contributed by atoms with E-state index in [4.69, 9.17) is 4.74 Å². The summed E-state index contributed by atoms with van der Waals surface area (Å²) in [5.74, 6) is 0.842. The molecule has 0 amide bonds. The molecule has 0 radical (unpaired) electrons. The van der Waals surface area contributed by atoms with Crippen LogP contribution in [0.15, 0.2) is 35.2 Å². The largest absolute Gasteiger partial charge is 0.495 e.